The Labute approximate surface area is 181 Å². The number of carbonyl (C=O) groups excluding carboxylic acids is 1. The number of aliphatic hydroxyl groups excluding tert-OH is 2. The Morgan fingerprint density at radius 1 is 1.32 bits per heavy atom. The SMILES string of the molecule is CNC(=O)C1OC(n2cnc3c(NCc4cccc(N=C=S)c4)ncnc32)C(O)C1O. The van der Waals surface area contributed by atoms with Crippen LogP contribution in [-0.4, -0.2) is 66.2 Å². The second kappa shape index (κ2) is 8.84. The van der Waals surface area contributed by atoms with E-state index in [2.05, 4.69) is 48.0 Å². The third kappa shape index (κ3) is 4.02. The largest absolute Gasteiger partial charge is 0.387 e. The Morgan fingerprint density at radius 2 is 2.16 bits per heavy atom. The molecule has 0 saturated carbocycles. The molecule has 2 aromatic heterocycles. The van der Waals surface area contributed by atoms with E-state index in [1.807, 2.05) is 24.3 Å². The van der Waals surface area contributed by atoms with Crippen LogP contribution in [0.4, 0.5) is 11.5 Å². The van der Waals surface area contributed by atoms with Gasteiger partial charge in [0, 0.05) is 13.6 Å². The van der Waals surface area contributed by atoms with E-state index in [0.29, 0.717) is 29.2 Å². The molecule has 0 aliphatic carbocycles. The van der Waals surface area contributed by atoms with Crippen LogP contribution in [0.2, 0.25) is 0 Å². The van der Waals surface area contributed by atoms with Gasteiger partial charge in [-0.05, 0) is 29.9 Å². The van der Waals surface area contributed by atoms with Crippen LogP contribution in [0.1, 0.15) is 11.8 Å². The highest BCUT2D eigenvalue weighted by atomic mass is 32.1. The monoisotopic (exact) mass is 441 g/mol. The minimum absolute atomic E-state index is 0.380. The molecule has 3 heterocycles. The summed E-state index contributed by atoms with van der Waals surface area (Å²) in [7, 11) is 1.42. The minimum Gasteiger partial charge on any atom is -0.387 e. The number of carbonyl (C=O) groups is 1. The fourth-order valence-corrected chi connectivity index (χ4v) is 3.50. The number of thiocarbonyl (C=S) groups is 1. The summed E-state index contributed by atoms with van der Waals surface area (Å²) in [5, 5.41) is 28.5. The Morgan fingerprint density at radius 3 is 2.94 bits per heavy atom. The molecule has 1 saturated heterocycles. The number of nitrogens with one attached hydrogen (secondary N) is 2. The molecule has 4 unspecified atom stereocenters. The van der Waals surface area contributed by atoms with Gasteiger partial charge in [-0.2, -0.15) is 4.99 Å². The van der Waals surface area contributed by atoms with Gasteiger partial charge >= 0.3 is 0 Å². The predicted molar refractivity (Wildman–Crippen MR) is 114 cm³/mol. The maximum absolute atomic E-state index is 11.9. The number of aliphatic imine (C=N–C) groups is 1. The van der Waals surface area contributed by atoms with Gasteiger partial charge in [-0.1, -0.05) is 12.1 Å². The predicted octanol–water partition coefficient (Wildman–Crippen LogP) is 0.538. The van der Waals surface area contributed by atoms with E-state index in [1.54, 1.807) is 0 Å². The molecular weight excluding hydrogens is 422 g/mol. The van der Waals surface area contributed by atoms with Crippen molar-refractivity contribution >= 4 is 46.0 Å². The molecule has 0 spiro atoms. The number of imidazole rings is 1. The Balaban J connectivity index is 1.58. The third-order valence-corrected chi connectivity index (χ3v) is 5.01. The van der Waals surface area contributed by atoms with Gasteiger partial charge in [0.15, 0.2) is 29.3 Å². The molecular formula is C19H19N7O4S. The van der Waals surface area contributed by atoms with E-state index in [-0.39, 0.29) is 0 Å². The van der Waals surface area contributed by atoms with Gasteiger partial charge in [0.2, 0.25) is 0 Å². The number of nitrogens with zero attached hydrogens (tertiary/aromatic N) is 5. The van der Waals surface area contributed by atoms with Crippen LogP contribution in [0.25, 0.3) is 11.2 Å². The van der Waals surface area contributed by atoms with Crippen LogP contribution in [-0.2, 0) is 16.1 Å². The zero-order valence-electron chi connectivity index (χ0n) is 16.3. The number of anilines is 1. The lowest BCUT2D eigenvalue weighted by Gasteiger charge is -2.16. The molecule has 1 amide bonds. The first kappa shape index (κ1) is 21.0. The van der Waals surface area contributed by atoms with Crippen molar-refractivity contribution in [1.29, 1.82) is 0 Å². The van der Waals surface area contributed by atoms with Gasteiger partial charge in [0.1, 0.15) is 18.5 Å². The van der Waals surface area contributed by atoms with E-state index in [0.717, 1.165) is 5.56 Å². The summed E-state index contributed by atoms with van der Waals surface area (Å²) in [5.41, 5.74) is 2.47. The first-order valence-electron chi connectivity index (χ1n) is 9.35. The van der Waals surface area contributed by atoms with E-state index < -0.39 is 30.4 Å². The molecule has 4 rings (SSSR count). The van der Waals surface area contributed by atoms with Crippen LogP contribution >= 0.6 is 12.2 Å². The second-order valence-electron chi connectivity index (χ2n) is 6.82. The summed E-state index contributed by atoms with van der Waals surface area (Å²) >= 11 is 4.64. The maximum Gasteiger partial charge on any atom is 0.251 e. The highest BCUT2D eigenvalue weighted by molar-refractivity contribution is 7.78. The van der Waals surface area contributed by atoms with Crippen molar-refractivity contribution in [3.05, 3.63) is 42.5 Å². The van der Waals surface area contributed by atoms with E-state index in [9.17, 15) is 15.0 Å². The average molecular weight is 441 g/mol. The summed E-state index contributed by atoms with van der Waals surface area (Å²) in [5.74, 6) is -0.0565. The summed E-state index contributed by atoms with van der Waals surface area (Å²) in [6.45, 7) is 0.444. The quantitative estimate of drug-likeness (QED) is 0.318. The second-order valence-corrected chi connectivity index (χ2v) is 7.00. The Hall–Kier alpha value is -3.28. The van der Waals surface area contributed by atoms with Crippen molar-refractivity contribution in [3.8, 4) is 0 Å². The van der Waals surface area contributed by atoms with Gasteiger partial charge in [-0.25, -0.2) is 15.0 Å². The van der Waals surface area contributed by atoms with Crippen LogP contribution in [0.5, 0.6) is 0 Å². The summed E-state index contributed by atoms with van der Waals surface area (Å²) in [6, 6.07) is 7.47. The number of benzene rings is 1. The van der Waals surface area contributed by atoms with Crippen molar-refractivity contribution in [3.63, 3.8) is 0 Å². The molecule has 4 N–H and O–H groups in total. The summed E-state index contributed by atoms with van der Waals surface area (Å²) in [6.07, 6.45) is -2.19. The number of likely N-dealkylation sites (N-methyl/N-ethyl adjacent to an activating group) is 1. The number of hydrogen-bond donors (Lipinski definition) is 4. The van der Waals surface area contributed by atoms with Crippen LogP contribution in [0.15, 0.2) is 41.9 Å². The average Bonchev–Trinajstić information content (AvgIpc) is 3.34. The number of amides is 1. The van der Waals surface area contributed by atoms with E-state index in [1.165, 1.54) is 24.3 Å². The Bertz CT molecular complexity index is 1160. The number of isothiocyanates is 1. The normalized spacial score (nSPS) is 22.8. The fourth-order valence-electron chi connectivity index (χ4n) is 3.39. The molecule has 3 aromatic rings. The molecule has 31 heavy (non-hydrogen) atoms. The first-order chi connectivity index (χ1) is 15.0. The number of aromatic nitrogens is 4. The summed E-state index contributed by atoms with van der Waals surface area (Å²) in [4.78, 5) is 28.7. The minimum atomic E-state index is -1.39. The van der Waals surface area contributed by atoms with Gasteiger partial charge in [0.05, 0.1) is 17.2 Å². The smallest absolute Gasteiger partial charge is 0.251 e. The number of fused-ring (bicyclic) bond motifs is 1. The van der Waals surface area contributed by atoms with Crippen molar-refractivity contribution in [2.24, 2.45) is 4.99 Å². The topological polar surface area (TPSA) is 147 Å². The highest BCUT2D eigenvalue weighted by Crippen LogP contribution is 2.32. The van der Waals surface area contributed by atoms with Gasteiger partial charge in [-0.15, -0.1) is 0 Å². The molecule has 1 aliphatic heterocycles. The molecule has 0 bridgehead atoms. The number of hydrogen-bond acceptors (Lipinski definition) is 10. The van der Waals surface area contributed by atoms with Crippen LogP contribution in [0, 0.1) is 0 Å². The number of aliphatic hydroxyl groups is 2. The van der Waals surface area contributed by atoms with E-state index >= 15 is 0 Å². The summed E-state index contributed by atoms with van der Waals surface area (Å²) < 4.78 is 7.07. The maximum atomic E-state index is 11.9. The molecule has 1 aliphatic rings. The standard InChI is InChI=1S/C19H19N7O4S/c1-20-18(29)15-13(27)14(28)19(30-15)26-8-24-12-16(22-7-23-17(12)26)21-6-10-3-2-4-11(5-10)25-9-31/h2-5,7-8,13-15,19,27-28H,6H2,1H3,(H,20,29)(H,21,22,23). The number of ether oxygens (including phenoxy) is 1. The first-order valence-corrected chi connectivity index (χ1v) is 9.75. The molecule has 12 heteroatoms. The zero-order chi connectivity index (χ0) is 22.0. The van der Waals surface area contributed by atoms with Crippen molar-refractivity contribution in [2.75, 3.05) is 12.4 Å². The van der Waals surface area contributed by atoms with Gasteiger partial charge < -0.3 is 25.6 Å². The van der Waals surface area contributed by atoms with E-state index in [4.69, 9.17) is 4.74 Å². The molecule has 4 atom stereocenters. The third-order valence-electron chi connectivity index (χ3n) is 4.92. The Kier molecular flexibility index (Phi) is 5.98. The highest BCUT2D eigenvalue weighted by Gasteiger charge is 2.47. The molecule has 1 fully saturated rings. The van der Waals surface area contributed by atoms with Gasteiger partial charge in [-0.3, -0.25) is 9.36 Å². The molecule has 1 aromatic carbocycles. The van der Waals surface area contributed by atoms with Crippen LogP contribution < -0.4 is 10.6 Å². The lowest BCUT2D eigenvalue weighted by atomic mass is 10.1. The lowest BCUT2D eigenvalue weighted by Crippen LogP contribution is -2.41. The molecule has 160 valence electrons. The van der Waals surface area contributed by atoms with Crippen molar-refractivity contribution < 1.29 is 19.7 Å². The van der Waals surface area contributed by atoms with Crippen LogP contribution in [0.3, 0.4) is 0 Å². The molecule has 0 radical (unpaired) electrons. The van der Waals surface area contributed by atoms with Gasteiger partial charge in [0.25, 0.3) is 5.91 Å². The fraction of sp³-hybridized carbons (Fsp3) is 0.316. The van der Waals surface area contributed by atoms with Crippen molar-refractivity contribution in [2.45, 2.75) is 31.1 Å². The lowest BCUT2D eigenvalue weighted by molar-refractivity contribution is -0.137. The van der Waals surface area contributed by atoms with Crippen molar-refractivity contribution in [1.82, 2.24) is 24.8 Å². The molecule has 11 nitrogen and oxygen atoms in total. The number of rotatable bonds is 6. The zero-order valence-corrected chi connectivity index (χ0v) is 17.2.